The maximum atomic E-state index is 5.47. The van der Waals surface area contributed by atoms with Crippen molar-refractivity contribution in [2.45, 2.75) is 0 Å². The van der Waals surface area contributed by atoms with Crippen molar-refractivity contribution in [3.05, 3.63) is 188 Å². The Labute approximate surface area is 331 Å². The molecule has 0 saturated heterocycles. The number of aromatic nitrogens is 5. The summed E-state index contributed by atoms with van der Waals surface area (Å²) in [6.45, 7) is 0. The van der Waals surface area contributed by atoms with Crippen LogP contribution in [0, 0.1) is 0 Å². The largest absolute Gasteiger partial charge is 0.307 e. The lowest BCUT2D eigenvalue weighted by molar-refractivity contribution is 0.954. The van der Waals surface area contributed by atoms with Crippen LogP contribution in [0.2, 0.25) is 0 Å². The van der Waals surface area contributed by atoms with Gasteiger partial charge in [0.15, 0.2) is 11.6 Å². The molecule has 4 aromatic heterocycles. The van der Waals surface area contributed by atoms with Crippen LogP contribution in [-0.4, -0.2) is 24.1 Å². The van der Waals surface area contributed by atoms with Crippen molar-refractivity contribution >= 4 is 75.1 Å². The second-order valence-corrected chi connectivity index (χ2v) is 15.5. The average molecular weight is 746 g/mol. The quantitative estimate of drug-likeness (QED) is 0.176. The number of hydrogen-bond acceptors (Lipinski definition) is 4. The number of fused-ring (bicyclic) bond motifs is 10. The van der Waals surface area contributed by atoms with E-state index >= 15 is 0 Å². The van der Waals surface area contributed by atoms with Gasteiger partial charge in [0, 0.05) is 58.5 Å². The van der Waals surface area contributed by atoms with Crippen LogP contribution >= 0.6 is 11.3 Å². The van der Waals surface area contributed by atoms with E-state index in [1.165, 1.54) is 26.2 Å². The molecule has 0 unspecified atom stereocenters. The van der Waals surface area contributed by atoms with Crippen molar-refractivity contribution in [2.75, 3.05) is 0 Å². The zero-order valence-corrected chi connectivity index (χ0v) is 31.4. The summed E-state index contributed by atoms with van der Waals surface area (Å²) in [5.74, 6) is 1.83. The van der Waals surface area contributed by atoms with E-state index in [0.717, 1.165) is 65.5 Å². The summed E-state index contributed by atoms with van der Waals surface area (Å²) < 4.78 is 7.07. The molecule has 266 valence electrons. The predicted octanol–water partition coefficient (Wildman–Crippen LogP) is 13.4. The first-order valence-electron chi connectivity index (χ1n) is 19.1. The Bertz CT molecular complexity index is 3520. The van der Waals surface area contributed by atoms with Crippen LogP contribution in [0.4, 0.5) is 0 Å². The van der Waals surface area contributed by atoms with Crippen LogP contribution in [0.25, 0.3) is 109 Å². The van der Waals surface area contributed by atoms with Gasteiger partial charge in [-0.05, 0) is 53.6 Å². The first kappa shape index (κ1) is 31.9. The first-order valence-corrected chi connectivity index (χ1v) is 19.9. The molecule has 4 heterocycles. The van der Waals surface area contributed by atoms with E-state index in [1.807, 2.05) is 6.07 Å². The Hall–Kier alpha value is -7.41. The monoisotopic (exact) mass is 745 g/mol. The number of para-hydroxylation sites is 3. The molecule has 0 radical (unpaired) electrons. The third kappa shape index (κ3) is 4.91. The number of thiophene rings is 1. The van der Waals surface area contributed by atoms with Crippen molar-refractivity contribution in [3.8, 4) is 45.5 Å². The Morgan fingerprint density at radius 3 is 1.70 bits per heavy atom. The minimum atomic E-state index is 0.571. The summed E-state index contributed by atoms with van der Waals surface area (Å²) in [7, 11) is 0. The van der Waals surface area contributed by atoms with Crippen LogP contribution in [0.15, 0.2) is 188 Å². The highest BCUT2D eigenvalue weighted by Gasteiger charge is 2.24. The normalized spacial score (nSPS) is 11.9. The third-order valence-corrected chi connectivity index (χ3v) is 12.4. The Morgan fingerprint density at radius 1 is 0.368 bits per heavy atom. The van der Waals surface area contributed by atoms with E-state index in [2.05, 4.69) is 191 Å². The lowest BCUT2D eigenvalue weighted by Crippen LogP contribution is -2.07. The molecule has 12 rings (SSSR count). The molecule has 0 aliphatic heterocycles. The first-order chi connectivity index (χ1) is 28.3. The molecule has 12 aromatic rings. The van der Waals surface area contributed by atoms with Gasteiger partial charge in [0.05, 0.1) is 22.1 Å². The summed E-state index contributed by atoms with van der Waals surface area (Å²) in [4.78, 5) is 16.2. The molecule has 0 aliphatic rings. The van der Waals surface area contributed by atoms with Gasteiger partial charge in [0.2, 0.25) is 5.95 Å². The highest BCUT2D eigenvalue weighted by atomic mass is 32.1. The van der Waals surface area contributed by atoms with Crippen LogP contribution in [0.5, 0.6) is 0 Å². The van der Waals surface area contributed by atoms with Crippen molar-refractivity contribution in [2.24, 2.45) is 0 Å². The van der Waals surface area contributed by atoms with Gasteiger partial charge in [0.25, 0.3) is 0 Å². The van der Waals surface area contributed by atoms with E-state index < -0.39 is 0 Å². The van der Waals surface area contributed by atoms with Gasteiger partial charge in [0.1, 0.15) is 0 Å². The average Bonchev–Trinajstić information content (AvgIpc) is 3.95. The molecule has 0 spiro atoms. The molecule has 8 aromatic carbocycles. The summed E-state index contributed by atoms with van der Waals surface area (Å²) >= 11 is 1.79. The fraction of sp³-hybridized carbons (Fsp3) is 0. The third-order valence-electron chi connectivity index (χ3n) is 11.2. The van der Waals surface area contributed by atoms with Crippen molar-refractivity contribution in [1.29, 1.82) is 0 Å². The molecule has 0 aliphatic carbocycles. The smallest absolute Gasteiger partial charge is 0.238 e. The predicted molar refractivity (Wildman–Crippen MR) is 238 cm³/mol. The molecular weight excluding hydrogens is 715 g/mol. The fourth-order valence-electron chi connectivity index (χ4n) is 8.66. The van der Waals surface area contributed by atoms with Crippen molar-refractivity contribution in [1.82, 2.24) is 24.1 Å². The lowest BCUT2D eigenvalue weighted by Gasteiger charge is -2.14. The Balaban J connectivity index is 1.22. The molecular formula is C51H31N5S. The molecule has 0 saturated carbocycles. The van der Waals surface area contributed by atoms with Crippen LogP contribution < -0.4 is 0 Å². The minimum Gasteiger partial charge on any atom is -0.307 e. The maximum absolute atomic E-state index is 5.47. The van der Waals surface area contributed by atoms with E-state index in [1.54, 1.807) is 11.3 Å². The van der Waals surface area contributed by atoms with Gasteiger partial charge in [-0.2, -0.15) is 9.97 Å². The van der Waals surface area contributed by atoms with E-state index in [9.17, 15) is 0 Å². The molecule has 0 bridgehead atoms. The maximum Gasteiger partial charge on any atom is 0.238 e. The molecule has 5 nitrogen and oxygen atoms in total. The van der Waals surface area contributed by atoms with Crippen molar-refractivity contribution in [3.63, 3.8) is 0 Å². The number of benzene rings is 8. The highest BCUT2D eigenvalue weighted by molar-refractivity contribution is 7.26. The number of rotatable bonds is 5. The molecule has 0 N–H and O–H groups in total. The van der Waals surface area contributed by atoms with E-state index in [4.69, 9.17) is 15.0 Å². The van der Waals surface area contributed by atoms with E-state index in [0.29, 0.717) is 17.6 Å². The Morgan fingerprint density at radius 2 is 0.930 bits per heavy atom. The minimum absolute atomic E-state index is 0.571. The lowest BCUT2D eigenvalue weighted by atomic mass is 10.0. The summed E-state index contributed by atoms with van der Waals surface area (Å²) in [5, 5.41) is 7.09. The van der Waals surface area contributed by atoms with Gasteiger partial charge in [-0.1, -0.05) is 146 Å². The van der Waals surface area contributed by atoms with E-state index in [-0.39, 0.29) is 0 Å². The van der Waals surface area contributed by atoms with Gasteiger partial charge >= 0.3 is 0 Å². The molecule has 0 amide bonds. The fourth-order valence-corrected chi connectivity index (χ4v) is 9.87. The van der Waals surface area contributed by atoms with Crippen LogP contribution in [0.3, 0.4) is 0 Å². The zero-order valence-electron chi connectivity index (χ0n) is 30.5. The second-order valence-electron chi connectivity index (χ2n) is 14.4. The van der Waals surface area contributed by atoms with Gasteiger partial charge in [-0.25, -0.2) is 4.98 Å². The van der Waals surface area contributed by atoms with Gasteiger partial charge < -0.3 is 4.57 Å². The number of nitrogens with zero attached hydrogens (tertiary/aromatic N) is 5. The topological polar surface area (TPSA) is 48.5 Å². The van der Waals surface area contributed by atoms with Gasteiger partial charge in [-0.15, -0.1) is 11.3 Å². The second kappa shape index (κ2) is 12.6. The summed E-state index contributed by atoms with van der Waals surface area (Å²) in [6.07, 6.45) is 0. The number of hydrogen-bond donors (Lipinski definition) is 0. The standard InChI is InChI=1S/C51H31N5S/c1-3-15-32(16-4-1)33-17-13-18-34(31-33)49-52-50(42-25-14-24-41-38-23-9-12-28-45(38)57-48(41)42)54-51(53-49)56-44-27-11-8-22-37(44)40-30-29-39-36-21-7-10-26-43(36)55(46(39)47(40)56)35-19-5-2-6-20-35/h1-31H. The molecule has 0 fully saturated rings. The van der Waals surface area contributed by atoms with Crippen molar-refractivity contribution < 1.29 is 0 Å². The molecule has 6 heteroatoms. The molecule has 0 atom stereocenters. The summed E-state index contributed by atoms with van der Waals surface area (Å²) in [6, 6.07) is 66.6. The van der Waals surface area contributed by atoms with Crippen LogP contribution in [-0.2, 0) is 0 Å². The summed E-state index contributed by atoms with van der Waals surface area (Å²) in [5.41, 5.74) is 9.60. The van der Waals surface area contributed by atoms with Crippen LogP contribution in [0.1, 0.15) is 0 Å². The Kier molecular flexibility index (Phi) is 7.03. The molecule has 57 heavy (non-hydrogen) atoms. The highest BCUT2D eigenvalue weighted by Crippen LogP contribution is 2.43. The SMILES string of the molecule is c1ccc(-c2cccc(-c3nc(-c4cccc5c4sc4ccccc45)nc(-n4c5ccccc5c5ccc6c7ccccc7n(-c7ccccc7)c6c54)n3)c2)cc1. The van der Waals surface area contributed by atoms with Gasteiger partial charge in [-0.3, -0.25) is 4.57 Å². The zero-order chi connectivity index (χ0) is 37.5.